The molecule has 226 valence electrons. The van der Waals surface area contributed by atoms with E-state index in [0.717, 1.165) is 17.0 Å². The molecule has 0 aromatic heterocycles. The second-order valence-corrected chi connectivity index (χ2v) is 11.8. The predicted molar refractivity (Wildman–Crippen MR) is 167 cm³/mol. The van der Waals surface area contributed by atoms with Crippen molar-refractivity contribution in [3.8, 4) is 11.5 Å². The van der Waals surface area contributed by atoms with E-state index in [1.54, 1.807) is 55.5 Å². The number of methoxy groups -OCH3 is 2. The van der Waals surface area contributed by atoms with Crippen molar-refractivity contribution < 1.29 is 28.9 Å². The summed E-state index contributed by atoms with van der Waals surface area (Å²) in [6.07, 6.45) is 1.69. The van der Waals surface area contributed by atoms with Gasteiger partial charge in [0.15, 0.2) is 5.60 Å². The fraction of sp³-hybridized carbons (Fsp3) is 0.371. The minimum absolute atomic E-state index is 0.0714. The van der Waals surface area contributed by atoms with Crippen molar-refractivity contribution in [2.75, 3.05) is 37.6 Å². The van der Waals surface area contributed by atoms with Crippen LogP contribution in [-0.4, -0.2) is 50.4 Å². The number of hydrogen-bond acceptors (Lipinski definition) is 6. The number of nitrogens with zero attached hydrogens (tertiary/aromatic N) is 1. The standard InChI is InChI=1S/C35H40N2O6/c1-7-19-37-29-17-12-25(36-32(39)23-8-13-26(41-5)14-9-23)21-28(29)35(33(37)40)22(2)31(30(43-35)18-20-38)34(3,4)24-10-15-27(42-6)16-11-24/h7-17,21-22,30-31,38H,1,18-20H2,2-6H3,(H,36,39)/t22-,30+,31-,35+/m1/s1. The number of ether oxygens (including phenoxy) is 3. The largest absolute Gasteiger partial charge is 0.497 e. The number of aliphatic hydroxyl groups is 1. The zero-order valence-electron chi connectivity index (χ0n) is 25.4. The lowest BCUT2D eigenvalue weighted by Gasteiger charge is -2.38. The maximum absolute atomic E-state index is 14.4. The highest BCUT2D eigenvalue weighted by Gasteiger charge is 2.65. The normalized spacial score (nSPS) is 22.9. The fourth-order valence-corrected chi connectivity index (χ4v) is 7.04. The van der Waals surface area contributed by atoms with Gasteiger partial charge < -0.3 is 29.5 Å². The molecule has 1 spiro atoms. The number of rotatable bonds is 10. The van der Waals surface area contributed by atoms with E-state index < -0.39 is 17.1 Å². The van der Waals surface area contributed by atoms with Crippen LogP contribution in [0, 0.1) is 11.8 Å². The number of nitrogens with one attached hydrogen (secondary N) is 1. The van der Waals surface area contributed by atoms with Gasteiger partial charge in [0.1, 0.15) is 11.5 Å². The van der Waals surface area contributed by atoms with E-state index in [1.165, 1.54) is 0 Å². The van der Waals surface area contributed by atoms with Crippen molar-refractivity contribution in [2.24, 2.45) is 11.8 Å². The number of amides is 2. The Kier molecular flexibility index (Phi) is 8.36. The molecular formula is C35H40N2O6. The Hall–Kier alpha value is -4.14. The predicted octanol–water partition coefficient (Wildman–Crippen LogP) is 5.70. The van der Waals surface area contributed by atoms with Crippen LogP contribution in [0.3, 0.4) is 0 Å². The highest BCUT2D eigenvalue weighted by molar-refractivity contribution is 6.09. The van der Waals surface area contributed by atoms with E-state index in [9.17, 15) is 14.7 Å². The smallest absolute Gasteiger partial charge is 0.264 e. The van der Waals surface area contributed by atoms with Gasteiger partial charge in [-0.05, 0) is 72.0 Å². The van der Waals surface area contributed by atoms with Crippen LogP contribution in [0.4, 0.5) is 11.4 Å². The van der Waals surface area contributed by atoms with Gasteiger partial charge in [0.2, 0.25) is 0 Å². The molecule has 8 heteroatoms. The molecule has 3 aromatic rings. The number of benzene rings is 3. The number of aliphatic hydroxyl groups excluding tert-OH is 1. The van der Waals surface area contributed by atoms with Gasteiger partial charge in [-0.15, -0.1) is 6.58 Å². The maximum atomic E-state index is 14.4. The van der Waals surface area contributed by atoms with Gasteiger partial charge in [-0.2, -0.15) is 0 Å². The van der Waals surface area contributed by atoms with Crippen LogP contribution >= 0.6 is 0 Å². The van der Waals surface area contributed by atoms with Gasteiger partial charge in [0.05, 0.1) is 26.0 Å². The zero-order valence-corrected chi connectivity index (χ0v) is 25.4. The summed E-state index contributed by atoms with van der Waals surface area (Å²) in [7, 11) is 3.21. The number of anilines is 2. The average Bonchev–Trinajstić information content (AvgIpc) is 3.44. The first-order valence-electron chi connectivity index (χ1n) is 14.6. The molecule has 2 aliphatic heterocycles. The Morgan fingerprint density at radius 2 is 1.70 bits per heavy atom. The summed E-state index contributed by atoms with van der Waals surface area (Å²) in [6, 6.07) is 20.4. The Morgan fingerprint density at radius 3 is 2.28 bits per heavy atom. The maximum Gasteiger partial charge on any atom is 0.264 e. The molecule has 1 saturated heterocycles. The van der Waals surface area contributed by atoms with Gasteiger partial charge in [0.25, 0.3) is 11.8 Å². The molecule has 5 rings (SSSR count). The van der Waals surface area contributed by atoms with Crippen LogP contribution in [0.25, 0.3) is 0 Å². The number of hydrogen-bond donors (Lipinski definition) is 2. The molecule has 0 aliphatic carbocycles. The van der Waals surface area contributed by atoms with Crippen molar-refractivity contribution in [3.63, 3.8) is 0 Å². The van der Waals surface area contributed by atoms with Gasteiger partial charge >= 0.3 is 0 Å². The topological polar surface area (TPSA) is 97.3 Å². The summed E-state index contributed by atoms with van der Waals surface area (Å²) in [6.45, 7) is 10.5. The SMILES string of the molecule is C=CCN1C(=O)[C@@]2(O[C@@H](CCO)[C@H](C(C)(C)c3ccc(OC)cc3)[C@H]2C)c2cc(NC(=O)c3ccc(OC)cc3)ccc21. The fourth-order valence-electron chi connectivity index (χ4n) is 7.04. The van der Waals surface area contributed by atoms with E-state index in [2.05, 4.69) is 32.7 Å². The van der Waals surface area contributed by atoms with Gasteiger partial charge in [0, 0.05) is 41.8 Å². The molecule has 43 heavy (non-hydrogen) atoms. The third-order valence-electron chi connectivity index (χ3n) is 9.17. The first-order valence-corrected chi connectivity index (χ1v) is 14.6. The van der Waals surface area contributed by atoms with Crippen LogP contribution in [0.1, 0.15) is 48.7 Å². The number of fused-ring (bicyclic) bond motifs is 2. The molecule has 0 bridgehead atoms. The molecule has 3 aromatic carbocycles. The van der Waals surface area contributed by atoms with Crippen LogP contribution in [0.2, 0.25) is 0 Å². The molecule has 1 fully saturated rings. The molecule has 2 amide bonds. The Morgan fingerprint density at radius 1 is 1.07 bits per heavy atom. The summed E-state index contributed by atoms with van der Waals surface area (Å²) < 4.78 is 17.5. The lowest BCUT2D eigenvalue weighted by atomic mass is 9.63. The van der Waals surface area contributed by atoms with Crippen molar-refractivity contribution in [1.29, 1.82) is 0 Å². The third kappa shape index (κ3) is 5.08. The summed E-state index contributed by atoms with van der Waals surface area (Å²) in [5, 5.41) is 13.1. The van der Waals surface area contributed by atoms with Crippen LogP contribution in [0.5, 0.6) is 11.5 Å². The summed E-state index contributed by atoms with van der Waals surface area (Å²) in [5.74, 6) is 0.600. The molecule has 0 unspecified atom stereocenters. The average molecular weight is 585 g/mol. The summed E-state index contributed by atoms with van der Waals surface area (Å²) in [4.78, 5) is 29.3. The van der Waals surface area contributed by atoms with Crippen molar-refractivity contribution in [1.82, 2.24) is 0 Å². The van der Waals surface area contributed by atoms with Gasteiger partial charge in [-0.3, -0.25) is 9.59 Å². The molecule has 8 nitrogen and oxygen atoms in total. The highest BCUT2D eigenvalue weighted by Crippen LogP contribution is 2.60. The summed E-state index contributed by atoms with van der Waals surface area (Å²) in [5.41, 5.74) is 1.84. The molecular weight excluding hydrogens is 544 g/mol. The molecule has 2 aliphatic rings. The van der Waals surface area contributed by atoms with Crippen molar-refractivity contribution >= 4 is 23.2 Å². The Bertz CT molecular complexity index is 1500. The van der Waals surface area contributed by atoms with Crippen molar-refractivity contribution in [3.05, 3.63) is 96.1 Å². The third-order valence-corrected chi connectivity index (χ3v) is 9.17. The lowest BCUT2D eigenvalue weighted by Crippen LogP contribution is -2.46. The van der Waals surface area contributed by atoms with E-state index in [1.807, 2.05) is 36.4 Å². The molecule has 2 heterocycles. The van der Waals surface area contributed by atoms with E-state index in [4.69, 9.17) is 14.2 Å². The molecule has 0 saturated carbocycles. The Labute approximate surface area is 253 Å². The van der Waals surface area contributed by atoms with Crippen LogP contribution in [-0.2, 0) is 20.5 Å². The second kappa shape index (κ2) is 11.9. The minimum Gasteiger partial charge on any atom is -0.497 e. The molecule has 4 atom stereocenters. The highest BCUT2D eigenvalue weighted by atomic mass is 16.5. The van der Waals surface area contributed by atoms with E-state index in [0.29, 0.717) is 35.5 Å². The first-order chi connectivity index (χ1) is 20.6. The zero-order chi connectivity index (χ0) is 30.9. The molecule has 0 radical (unpaired) electrons. The van der Waals surface area contributed by atoms with E-state index in [-0.39, 0.29) is 30.3 Å². The number of carbonyl (C=O) groups excluding carboxylic acids is 2. The van der Waals surface area contributed by atoms with Gasteiger partial charge in [-0.1, -0.05) is 39.0 Å². The molecule has 2 N–H and O–H groups in total. The van der Waals surface area contributed by atoms with Crippen molar-refractivity contribution in [2.45, 2.75) is 44.3 Å². The Balaban J connectivity index is 1.56. The first kappa shape index (κ1) is 30.3. The van der Waals surface area contributed by atoms with Crippen LogP contribution < -0.4 is 19.7 Å². The monoisotopic (exact) mass is 584 g/mol. The van der Waals surface area contributed by atoms with Crippen LogP contribution in [0.15, 0.2) is 79.4 Å². The minimum atomic E-state index is -1.30. The second-order valence-electron chi connectivity index (χ2n) is 11.8. The van der Waals surface area contributed by atoms with E-state index >= 15 is 0 Å². The summed E-state index contributed by atoms with van der Waals surface area (Å²) >= 11 is 0. The lowest BCUT2D eigenvalue weighted by molar-refractivity contribution is -0.146. The quantitative estimate of drug-likeness (QED) is 0.297. The van der Waals surface area contributed by atoms with Gasteiger partial charge in [-0.25, -0.2) is 0 Å². The number of carbonyl (C=O) groups is 2.